The van der Waals surface area contributed by atoms with Gasteiger partial charge in [0.05, 0.1) is 23.0 Å². The minimum absolute atomic E-state index is 0.00583. The first-order chi connectivity index (χ1) is 14.1. The number of benzene rings is 1. The van der Waals surface area contributed by atoms with Crippen molar-refractivity contribution >= 4 is 44.5 Å². The van der Waals surface area contributed by atoms with Crippen molar-refractivity contribution in [3.8, 4) is 5.75 Å². The molecule has 2 N–H and O–H groups in total. The summed E-state index contributed by atoms with van der Waals surface area (Å²) in [5, 5.41) is 5.49. The maximum atomic E-state index is 12.4. The molecular formula is C18H14N6O4S. The highest BCUT2D eigenvalue weighted by Gasteiger charge is 2.17. The van der Waals surface area contributed by atoms with Crippen molar-refractivity contribution in [3.63, 3.8) is 0 Å². The van der Waals surface area contributed by atoms with E-state index in [1.54, 1.807) is 0 Å². The molecule has 0 bridgehead atoms. The molecule has 3 aromatic heterocycles. The van der Waals surface area contributed by atoms with Crippen LogP contribution in [0.15, 0.2) is 47.5 Å². The van der Waals surface area contributed by atoms with Gasteiger partial charge in [-0.05, 0) is 25.1 Å². The number of aromatic nitrogens is 4. The quantitative estimate of drug-likeness (QED) is 0.496. The second-order valence-electron chi connectivity index (χ2n) is 5.62. The van der Waals surface area contributed by atoms with Crippen LogP contribution in [-0.2, 0) is 0 Å². The van der Waals surface area contributed by atoms with E-state index in [9.17, 15) is 9.59 Å². The molecule has 146 valence electrons. The van der Waals surface area contributed by atoms with Crippen LogP contribution in [0.3, 0.4) is 0 Å². The number of nitrogens with zero attached hydrogens (tertiary/aromatic N) is 4. The molecule has 11 heteroatoms. The molecule has 0 radical (unpaired) electrons. The van der Waals surface area contributed by atoms with E-state index in [2.05, 4.69) is 30.6 Å². The van der Waals surface area contributed by atoms with Crippen LogP contribution in [0, 0.1) is 0 Å². The molecule has 10 nitrogen and oxygen atoms in total. The van der Waals surface area contributed by atoms with Gasteiger partial charge < -0.3 is 9.15 Å². The molecule has 0 aliphatic carbocycles. The number of nitrogens with one attached hydrogen (secondary N) is 2. The minimum atomic E-state index is -0.553. The van der Waals surface area contributed by atoms with Crippen molar-refractivity contribution in [2.45, 2.75) is 6.92 Å². The molecule has 0 spiro atoms. The van der Waals surface area contributed by atoms with Gasteiger partial charge in [-0.1, -0.05) is 11.3 Å². The largest absolute Gasteiger partial charge is 0.494 e. The first kappa shape index (κ1) is 18.5. The Labute approximate surface area is 168 Å². The van der Waals surface area contributed by atoms with Crippen molar-refractivity contribution in [3.05, 3.63) is 54.4 Å². The highest BCUT2D eigenvalue weighted by Crippen LogP contribution is 2.29. The fourth-order valence-corrected chi connectivity index (χ4v) is 3.28. The Hall–Kier alpha value is -3.86. The Kier molecular flexibility index (Phi) is 5.12. The zero-order chi connectivity index (χ0) is 20.2. The van der Waals surface area contributed by atoms with E-state index in [0.717, 1.165) is 22.2 Å². The van der Waals surface area contributed by atoms with Gasteiger partial charge in [0.1, 0.15) is 17.7 Å². The predicted octanol–water partition coefficient (Wildman–Crippen LogP) is 2.98. The van der Waals surface area contributed by atoms with Gasteiger partial charge in [0.15, 0.2) is 10.8 Å². The van der Waals surface area contributed by atoms with Crippen molar-refractivity contribution in [2.24, 2.45) is 0 Å². The van der Waals surface area contributed by atoms with Crippen LogP contribution in [0.1, 0.15) is 27.9 Å². The van der Waals surface area contributed by atoms with Crippen LogP contribution in [0.25, 0.3) is 10.2 Å². The maximum absolute atomic E-state index is 12.4. The number of carbonyl (C=O) groups excluding carboxylic acids is 2. The summed E-state index contributed by atoms with van der Waals surface area (Å²) >= 11 is 1.31. The molecular weight excluding hydrogens is 396 g/mol. The van der Waals surface area contributed by atoms with Crippen LogP contribution in [-0.4, -0.2) is 38.4 Å². The summed E-state index contributed by atoms with van der Waals surface area (Å²) in [6, 6.07) is 5.38. The number of carbonyl (C=O) groups is 2. The van der Waals surface area contributed by atoms with E-state index in [-0.39, 0.29) is 17.4 Å². The lowest BCUT2D eigenvalue weighted by Crippen LogP contribution is -2.15. The molecule has 0 atom stereocenters. The molecule has 0 unspecified atom stereocenters. The Morgan fingerprint density at radius 2 is 2.00 bits per heavy atom. The summed E-state index contributed by atoms with van der Waals surface area (Å²) in [5.74, 6) is -0.331. The van der Waals surface area contributed by atoms with Gasteiger partial charge in [-0.2, -0.15) is 4.98 Å². The third-order valence-corrected chi connectivity index (χ3v) is 4.58. The van der Waals surface area contributed by atoms with Crippen LogP contribution in [0.5, 0.6) is 5.75 Å². The Balaban J connectivity index is 1.44. The molecule has 0 aliphatic rings. The summed E-state index contributed by atoms with van der Waals surface area (Å²) in [4.78, 5) is 40.4. The van der Waals surface area contributed by atoms with Gasteiger partial charge >= 0.3 is 6.01 Å². The molecule has 0 saturated heterocycles. The third-order valence-electron chi connectivity index (χ3n) is 3.64. The van der Waals surface area contributed by atoms with E-state index in [1.807, 2.05) is 25.1 Å². The molecule has 0 aliphatic heterocycles. The summed E-state index contributed by atoms with van der Waals surface area (Å²) in [5.41, 5.74) is 0.831. The average molecular weight is 410 g/mol. The van der Waals surface area contributed by atoms with Crippen molar-refractivity contribution in [1.82, 2.24) is 19.9 Å². The maximum Gasteiger partial charge on any atom is 0.302 e. The molecule has 29 heavy (non-hydrogen) atoms. The smallest absolute Gasteiger partial charge is 0.302 e. The van der Waals surface area contributed by atoms with Gasteiger partial charge in [-0.3, -0.25) is 25.2 Å². The zero-order valence-corrected chi connectivity index (χ0v) is 15.9. The lowest BCUT2D eigenvalue weighted by Gasteiger charge is -2.00. The number of amides is 2. The van der Waals surface area contributed by atoms with E-state index in [1.165, 1.54) is 29.9 Å². The number of ether oxygens (including phenoxy) is 1. The normalized spacial score (nSPS) is 10.7. The first-order valence-corrected chi connectivity index (χ1v) is 9.31. The van der Waals surface area contributed by atoms with Gasteiger partial charge in [-0.15, -0.1) is 0 Å². The van der Waals surface area contributed by atoms with Gasteiger partial charge in [0, 0.05) is 12.4 Å². The second kappa shape index (κ2) is 8.02. The lowest BCUT2D eigenvalue weighted by molar-refractivity contribution is 0.101. The van der Waals surface area contributed by atoms with Crippen LogP contribution >= 0.6 is 11.3 Å². The fraction of sp³-hybridized carbons (Fsp3) is 0.111. The van der Waals surface area contributed by atoms with E-state index < -0.39 is 11.8 Å². The topological polar surface area (TPSA) is 132 Å². The van der Waals surface area contributed by atoms with E-state index >= 15 is 0 Å². The van der Waals surface area contributed by atoms with Gasteiger partial charge in [0.25, 0.3) is 11.8 Å². The van der Waals surface area contributed by atoms with E-state index in [0.29, 0.717) is 11.7 Å². The number of thiazole rings is 1. The molecule has 4 aromatic rings. The molecule has 0 fully saturated rings. The number of oxazole rings is 1. The van der Waals surface area contributed by atoms with Crippen LogP contribution in [0.2, 0.25) is 0 Å². The summed E-state index contributed by atoms with van der Waals surface area (Å²) in [7, 11) is 0. The number of anilines is 2. The Morgan fingerprint density at radius 3 is 2.79 bits per heavy atom. The lowest BCUT2D eigenvalue weighted by atomic mass is 10.3. The average Bonchev–Trinajstić information content (AvgIpc) is 3.35. The second-order valence-corrected chi connectivity index (χ2v) is 6.65. The molecule has 4 rings (SSSR count). The Morgan fingerprint density at radius 1 is 1.14 bits per heavy atom. The molecule has 3 heterocycles. The SMILES string of the molecule is CCOc1ccc2nc(NC(=O)c3coc(NC(=O)c4cnccn4)n3)sc2c1. The minimum Gasteiger partial charge on any atom is -0.494 e. The number of hydrogen-bond donors (Lipinski definition) is 2. The Bertz CT molecular complexity index is 1170. The number of rotatable bonds is 6. The van der Waals surface area contributed by atoms with Crippen molar-refractivity contribution in [2.75, 3.05) is 17.2 Å². The standard InChI is InChI=1S/C18H14N6O4S/c1-2-27-10-3-4-11-14(7-10)29-18(22-11)24-16(26)13-9-28-17(21-13)23-15(25)12-8-19-5-6-20-12/h3-9H,2H2,1H3,(H,21,23,25)(H,22,24,26). The van der Waals surface area contributed by atoms with Crippen LogP contribution < -0.4 is 15.4 Å². The number of hydrogen-bond acceptors (Lipinski definition) is 9. The highest BCUT2D eigenvalue weighted by molar-refractivity contribution is 7.22. The molecule has 1 aromatic carbocycles. The molecule has 2 amide bonds. The highest BCUT2D eigenvalue weighted by atomic mass is 32.1. The summed E-state index contributed by atoms with van der Waals surface area (Å²) < 4.78 is 11.5. The van der Waals surface area contributed by atoms with Crippen molar-refractivity contribution in [1.29, 1.82) is 0 Å². The fourth-order valence-electron chi connectivity index (χ4n) is 2.39. The summed E-state index contributed by atoms with van der Waals surface area (Å²) in [6.07, 6.45) is 5.28. The monoisotopic (exact) mass is 410 g/mol. The van der Waals surface area contributed by atoms with Crippen molar-refractivity contribution < 1.29 is 18.7 Å². The predicted molar refractivity (Wildman–Crippen MR) is 105 cm³/mol. The number of fused-ring (bicyclic) bond motifs is 1. The van der Waals surface area contributed by atoms with Gasteiger partial charge in [0.2, 0.25) is 0 Å². The summed E-state index contributed by atoms with van der Waals surface area (Å²) in [6.45, 7) is 2.47. The molecule has 0 saturated carbocycles. The first-order valence-electron chi connectivity index (χ1n) is 8.50. The zero-order valence-electron chi connectivity index (χ0n) is 15.1. The third kappa shape index (κ3) is 4.19. The van der Waals surface area contributed by atoms with Crippen LogP contribution in [0.4, 0.5) is 11.1 Å². The van der Waals surface area contributed by atoms with E-state index in [4.69, 9.17) is 9.15 Å². The van der Waals surface area contributed by atoms with Gasteiger partial charge in [-0.25, -0.2) is 9.97 Å².